The topological polar surface area (TPSA) is 30.5 Å². The highest BCUT2D eigenvalue weighted by atomic mass is 16.5. The summed E-state index contributed by atoms with van der Waals surface area (Å²) in [6.45, 7) is 8.77. The van der Waals surface area contributed by atoms with Crippen molar-refractivity contribution in [3.63, 3.8) is 0 Å². The van der Waals surface area contributed by atoms with Crippen molar-refractivity contribution < 1.29 is 9.47 Å². The van der Waals surface area contributed by atoms with E-state index in [0.29, 0.717) is 11.8 Å². The molecule has 0 aliphatic carbocycles. The fraction of sp³-hybridized carbons (Fsp3) is 0.625. The van der Waals surface area contributed by atoms with Crippen LogP contribution < -0.4 is 14.8 Å². The van der Waals surface area contributed by atoms with Gasteiger partial charge in [-0.2, -0.15) is 0 Å². The Balaban J connectivity index is 2.89. The van der Waals surface area contributed by atoms with E-state index in [1.165, 1.54) is 5.56 Å². The zero-order valence-corrected chi connectivity index (χ0v) is 12.8. The number of ether oxygens (including phenoxy) is 2. The van der Waals surface area contributed by atoms with E-state index in [9.17, 15) is 0 Å². The van der Waals surface area contributed by atoms with E-state index < -0.39 is 0 Å². The molecular weight excluding hydrogens is 238 g/mol. The van der Waals surface area contributed by atoms with Crippen molar-refractivity contribution in [3.8, 4) is 11.5 Å². The second kappa shape index (κ2) is 8.05. The van der Waals surface area contributed by atoms with Crippen LogP contribution in [0.25, 0.3) is 0 Å². The summed E-state index contributed by atoms with van der Waals surface area (Å²) in [6, 6.07) is 6.22. The van der Waals surface area contributed by atoms with Crippen molar-refractivity contribution in [2.24, 2.45) is 5.92 Å². The summed E-state index contributed by atoms with van der Waals surface area (Å²) in [7, 11) is 3.35. The molecule has 0 saturated heterocycles. The van der Waals surface area contributed by atoms with Gasteiger partial charge in [-0.05, 0) is 42.5 Å². The number of hydrogen-bond donors (Lipinski definition) is 1. The molecule has 1 rings (SSSR count). The maximum atomic E-state index is 5.39. The van der Waals surface area contributed by atoms with Gasteiger partial charge in [0.2, 0.25) is 0 Å². The maximum absolute atomic E-state index is 5.39. The fourth-order valence-corrected chi connectivity index (χ4v) is 2.26. The number of methoxy groups -OCH3 is 2. The van der Waals surface area contributed by atoms with Crippen LogP contribution in [0.3, 0.4) is 0 Å². The van der Waals surface area contributed by atoms with Gasteiger partial charge in [0, 0.05) is 6.54 Å². The van der Waals surface area contributed by atoms with Crippen molar-refractivity contribution in [1.82, 2.24) is 5.32 Å². The molecule has 0 saturated carbocycles. The third-order valence-electron chi connectivity index (χ3n) is 3.43. The Morgan fingerprint density at radius 3 is 2.32 bits per heavy atom. The first-order valence-electron chi connectivity index (χ1n) is 7.06. The molecule has 0 spiro atoms. The lowest BCUT2D eigenvalue weighted by atomic mass is 9.88. The van der Waals surface area contributed by atoms with Crippen molar-refractivity contribution in [1.29, 1.82) is 0 Å². The molecule has 1 unspecified atom stereocenters. The van der Waals surface area contributed by atoms with Crippen LogP contribution in [-0.4, -0.2) is 27.3 Å². The molecule has 0 heterocycles. The average Bonchev–Trinajstić information content (AvgIpc) is 2.42. The molecule has 0 amide bonds. The molecule has 1 aromatic rings. The predicted molar refractivity (Wildman–Crippen MR) is 80.3 cm³/mol. The van der Waals surface area contributed by atoms with Crippen LogP contribution in [-0.2, 0) is 0 Å². The molecule has 3 nitrogen and oxygen atoms in total. The van der Waals surface area contributed by atoms with Crippen LogP contribution in [0.5, 0.6) is 11.5 Å². The van der Waals surface area contributed by atoms with E-state index in [2.05, 4.69) is 38.2 Å². The number of nitrogens with one attached hydrogen (secondary N) is 1. The third kappa shape index (κ3) is 4.43. The maximum Gasteiger partial charge on any atom is 0.160 e. The minimum absolute atomic E-state index is 0.492. The summed E-state index contributed by atoms with van der Waals surface area (Å²) >= 11 is 0. The monoisotopic (exact) mass is 265 g/mol. The number of rotatable bonds is 8. The highest BCUT2D eigenvalue weighted by Crippen LogP contribution is 2.33. The molecule has 108 valence electrons. The number of hydrogen-bond acceptors (Lipinski definition) is 3. The summed E-state index contributed by atoms with van der Waals surface area (Å²) < 4.78 is 10.7. The summed E-state index contributed by atoms with van der Waals surface area (Å²) in [4.78, 5) is 0. The second-order valence-corrected chi connectivity index (χ2v) is 5.17. The van der Waals surface area contributed by atoms with Crippen LogP contribution in [0.2, 0.25) is 0 Å². The molecule has 1 aromatic carbocycles. The number of benzene rings is 1. The molecule has 0 radical (unpaired) electrons. The third-order valence-corrected chi connectivity index (χ3v) is 3.43. The molecule has 0 bridgehead atoms. The molecule has 0 aromatic heterocycles. The summed E-state index contributed by atoms with van der Waals surface area (Å²) in [6.07, 6.45) is 1.16. The molecule has 0 fully saturated rings. The molecule has 0 aliphatic rings. The lowest BCUT2D eigenvalue weighted by Gasteiger charge is -2.23. The van der Waals surface area contributed by atoms with Crippen molar-refractivity contribution in [2.75, 3.05) is 27.3 Å². The molecular formula is C16H27NO2. The van der Waals surface area contributed by atoms with Crippen molar-refractivity contribution >= 4 is 0 Å². The molecule has 19 heavy (non-hydrogen) atoms. The fourth-order valence-electron chi connectivity index (χ4n) is 2.26. The molecule has 0 aliphatic heterocycles. The first kappa shape index (κ1) is 15.8. The Labute approximate surface area is 117 Å². The highest BCUT2D eigenvalue weighted by molar-refractivity contribution is 5.44. The van der Waals surface area contributed by atoms with Crippen LogP contribution in [0.4, 0.5) is 0 Å². The van der Waals surface area contributed by atoms with Gasteiger partial charge in [0.25, 0.3) is 0 Å². The Kier molecular flexibility index (Phi) is 6.71. The van der Waals surface area contributed by atoms with E-state index >= 15 is 0 Å². The van der Waals surface area contributed by atoms with Gasteiger partial charge in [-0.15, -0.1) is 0 Å². The summed E-state index contributed by atoms with van der Waals surface area (Å²) in [5, 5.41) is 3.51. The van der Waals surface area contributed by atoms with E-state index in [4.69, 9.17) is 9.47 Å². The Morgan fingerprint density at radius 2 is 1.79 bits per heavy atom. The molecule has 3 heteroatoms. The lowest BCUT2D eigenvalue weighted by molar-refractivity contribution is 0.353. The van der Waals surface area contributed by atoms with Crippen molar-refractivity contribution in [2.45, 2.75) is 33.1 Å². The van der Waals surface area contributed by atoms with E-state index in [0.717, 1.165) is 31.0 Å². The minimum Gasteiger partial charge on any atom is -0.493 e. The highest BCUT2D eigenvalue weighted by Gasteiger charge is 2.17. The van der Waals surface area contributed by atoms with Crippen LogP contribution in [0, 0.1) is 5.92 Å². The van der Waals surface area contributed by atoms with Gasteiger partial charge < -0.3 is 14.8 Å². The van der Waals surface area contributed by atoms with Gasteiger partial charge in [0.15, 0.2) is 11.5 Å². The summed E-state index contributed by atoms with van der Waals surface area (Å²) in [5.74, 6) is 2.67. The van der Waals surface area contributed by atoms with Crippen LogP contribution in [0.1, 0.15) is 38.7 Å². The minimum atomic E-state index is 0.492. The average molecular weight is 265 g/mol. The quantitative estimate of drug-likeness (QED) is 0.730. The van der Waals surface area contributed by atoms with Gasteiger partial charge in [0.1, 0.15) is 0 Å². The lowest BCUT2D eigenvalue weighted by Crippen LogP contribution is -2.25. The van der Waals surface area contributed by atoms with Gasteiger partial charge in [-0.3, -0.25) is 0 Å². The zero-order chi connectivity index (χ0) is 14.3. The zero-order valence-electron chi connectivity index (χ0n) is 12.8. The smallest absolute Gasteiger partial charge is 0.160 e. The Bertz CT molecular complexity index is 377. The Morgan fingerprint density at radius 1 is 1.11 bits per heavy atom. The standard InChI is InChI=1S/C16H27NO2/c1-6-9-17-11-14(12(2)3)13-7-8-15(18-4)16(10-13)19-5/h7-8,10,12,14,17H,6,9,11H2,1-5H3. The van der Waals surface area contributed by atoms with Crippen molar-refractivity contribution in [3.05, 3.63) is 23.8 Å². The normalized spacial score (nSPS) is 12.5. The Hall–Kier alpha value is -1.22. The van der Waals surface area contributed by atoms with E-state index in [1.54, 1.807) is 14.2 Å². The summed E-state index contributed by atoms with van der Waals surface area (Å²) in [5.41, 5.74) is 1.30. The largest absolute Gasteiger partial charge is 0.493 e. The van der Waals surface area contributed by atoms with Gasteiger partial charge in [0.05, 0.1) is 14.2 Å². The van der Waals surface area contributed by atoms with Gasteiger partial charge >= 0.3 is 0 Å². The molecule has 1 atom stereocenters. The predicted octanol–water partition coefficient (Wildman–Crippen LogP) is 3.44. The first-order chi connectivity index (χ1) is 9.13. The van der Waals surface area contributed by atoms with E-state index in [-0.39, 0.29) is 0 Å². The van der Waals surface area contributed by atoms with Gasteiger partial charge in [-0.25, -0.2) is 0 Å². The SMILES string of the molecule is CCCNCC(c1ccc(OC)c(OC)c1)C(C)C. The van der Waals surface area contributed by atoms with Crippen LogP contribution >= 0.6 is 0 Å². The van der Waals surface area contributed by atoms with E-state index in [1.807, 2.05) is 6.07 Å². The second-order valence-electron chi connectivity index (χ2n) is 5.17. The molecule has 1 N–H and O–H groups in total. The first-order valence-corrected chi connectivity index (χ1v) is 7.06. The van der Waals surface area contributed by atoms with Crippen LogP contribution in [0.15, 0.2) is 18.2 Å². The van der Waals surface area contributed by atoms with Gasteiger partial charge in [-0.1, -0.05) is 26.8 Å².